The zero-order chi connectivity index (χ0) is 16.9. The summed E-state index contributed by atoms with van der Waals surface area (Å²) >= 11 is 1.61. The first-order valence-electron chi connectivity index (χ1n) is 9.60. The molecule has 1 aromatic rings. The van der Waals surface area contributed by atoms with Gasteiger partial charge in [0, 0.05) is 24.4 Å². The molecule has 0 N–H and O–H groups in total. The predicted molar refractivity (Wildman–Crippen MR) is 99.7 cm³/mol. The van der Waals surface area contributed by atoms with Crippen LogP contribution in [0.1, 0.15) is 73.8 Å². The van der Waals surface area contributed by atoms with Crippen LogP contribution in [0.15, 0.2) is 5.38 Å². The number of thiazole rings is 1. The molecule has 24 heavy (non-hydrogen) atoms. The summed E-state index contributed by atoms with van der Waals surface area (Å²) in [5.74, 6) is 1.34. The summed E-state index contributed by atoms with van der Waals surface area (Å²) in [7, 11) is 0. The maximum atomic E-state index is 12.6. The minimum absolute atomic E-state index is 0.133. The molecule has 0 aliphatic carbocycles. The van der Waals surface area contributed by atoms with E-state index >= 15 is 0 Å². The number of carbonyl (C=O) groups excluding carboxylic acids is 1. The summed E-state index contributed by atoms with van der Waals surface area (Å²) < 4.78 is 0. The van der Waals surface area contributed by atoms with Crippen molar-refractivity contribution in [2.75, 3.05) is 32.7 Å². The van der Waals surface area contributed by atoms with Crippen LogP contribution in [0.4, 0.5) is 0 Å². The lowest BCUT2D eigenvalue weighted by Crippen LogP contribution is -2.38. The lowest BCUT2D eigenvalue weighted by molar-refractivity contribution is 0.0679. The zero-order valence-electron chi connectivity index (χ0n) is 15.2. The second-order valence-corrected chi connectivity index (χ2v) is 8.54. The molecule has 134 valence electrons. The SMILES string of the molecule is CC(C)c1nc(C(=O)N2CCC(CCCN3CCCC3)CC2)cs1. The average Bonchev–Trinajstić information content (AvgIpc) is 3.26. The Balaban J connectivity index is 1.40. The average molecular weight is 350 g/mol. The number of hydrogen-bond acceptors (Lipinski definition) is 4. The van der Waals surface area contributed by atoms with E-state index < -0.39 is 0 Å². The van der Waals surface area contributed by atoms with E-state index in [-0.39, 0.29) is 5.91 Å². The fourth-order valence-corrected chi connectivity index (χ4v) is 4.66. The van der Waals surface area contributed by atoms with E-state index in [0.717, 1.165) is 36.9 Å². The first-order valence-corrected chi connectivity index (χ1v) is 10.5. The smallest absolute Gasteiger partial charge is 0.273 e. The Morgan fingerprint density at radius 3 is 2.58 bits per heavy atom. The molecule has 2 aliphatic heterocycles. The summed E-state index contributed by atoms with van der Waals surface area (Å²) in [5, 5.41) is 3.00. The van der Waals surface area contributed by atoms with Crippen LogP contribution in [-0.2, 0) is 0 Å². The summed E-state index contributed by atoms with van der Waals surface area (Å²) in [4.78, 5) is 21.7. The van der Waals surface area contributed by atoms with Crippen LogP contribution in [0, 0.1) is 5.92 Å². The third-order valence-electron chi connectivity index (χ3n) is 5.42. The largest absolute Gasteiger partial charge is 0.337 e. The summed E-state index contributed by atoms with van der Waals surface area (Å²) in [6, 6.07) is 0. The van der Waals surface area contributed by atoms with Crippen molar-refractivity contribution in [1.29, 1.82) is 0 Å². The summed E-state index contributed by atoms with van der Waals surface area (Å²) in [6.07, 6.45) is 7.74. The van der Waals surface area contributed by atoms with Crippen LogP contribution < -0.4 is 0 Å². The number of carbonyl (C=O) groups is 1. The van der Waals surface area contributed by atoms with E-state index in [4.69, 9.17) is 0 Å². The molecule has 0 radical (unpaired) electrons. The highest BCUT2D eigenvalue weighted by Crippen LogP contribution is 2.25. The molecule has 2 saturated heterocycles. The lowest BCUT2D eigenvalue weighted by atomic mass is 9.92. The Kier molecular flexibility index (Phi) is 6.28. The van der Waals surface area contributed by atoms with Gasteiger partial charge in [-0.05, 0) is 64.1 Å². The van der Waals surface area contributed by atoms with Crippen molar-refractivity contribution < 1.29 is 4.79 Å². The third-order valence-corrected chi connectivity index (χ3v) is 6.57. The van der Waals surface area contributed by atoms with Crippen molar-refractivity contribution in [3.05, 3.63) is 16.1 Å². The molecule has 3 rings (SSSR count). The van der Waals surface area contributed by atoms with Crippen molar-refractivity contribution >= 4 is 17.2 Å². The van der Waals surface area contributed by atoms with Gasteiger partial charge < -0.3 is 9.80 Å². The van der Waals surface area contributed by atoms with Gasteiger partial charge in [0.2, 0.25) is 0 Å². The normalized spacial score (nSPS) is 20.2. The molecule has 0 aromatic carbocycles. The molecule has 0 spiro atoms. The highest BCUT2D eigenvalue weighted by molar-refractivity contribution is 7.09. The highest BCUT2D eigenvalue weighted by Gasteiger charge is 2.25. The quantitative estimate of drug-likeness (QED) is 0.779. The van der Waals surface area contributed by atoms with Crippen molar-refractivity contribution in [2.24, 2.45) is 5.92 Å². The molecule has 2 aliphatic rings. The molecular formula is C19H31N3OS. The Labute approximate surface area is 150 Å². The Bertz CT molecular complexity index is 528. The molecule has 4 nitrogen and oxygen atoms in total. The first kappa shape index (κ1) is 17.9. The first-order chi connectivity index (χ1) is 11.6. The number of aromatic nitrogens is 1. The molecule has 1 aromatic heterocycles. The second kappa shape index (κ2) is 8.43. The Morgan fingerprint density at radius 1 is 1.25 bits per heavy atom. The maximum Gasteiger partial charge on any atom is 0.273 e. The number of likely N-dealkylation sites (tertiary alicyclic amines) is 2. The number of nitrogens with zero attached hydrogens (tertiary/aromatic N) is 3. The molecule has 0 unspecified atom stereocenters. The van der Waals surface area contributed by atoms with Gasteiger partial charge >= 0.3 is 0 Å². The van der Waals surface area contributed by atoms with Gasteiger partial charge in [0.25, 0.3) is 5.91 Å². The summed E-state index contributed by atoms with van der Waals surface area (Å²) in [5.41, 5.74) is 0.649. The van der Waals surface area contributed by atoms with Crippen LogP contribution in [0.2, 0.25) is 0 Å². The van der Waals surface area contributed by atoms with Gasteiger partial charge in [-0.25, -0.2) is 4.98 Å². The van der Waals surface area contributed by atoms with Gasteiger partial charge in [-0.3, -0.25) is 4.79 Å². The fourth-order valence-electron chi connectivity index (χ4n) is 3.85. The molecule has 0 bridgehead atoms. The van der Waals surface area contributed by atoms with Crippen LogP contribution in [0.25, 0.3) is 0 Å². The third kappa shape index (κ3) is 4.57. The van der Waals surface area contributed by atoms with Gasteiger partial charge in [0.05, 0.1) is 5.01 Å². The number of rotatable bonds is 6. The molecule has 3 heterocycles. The molecule has 1 amide bonds. The minimum atomic E-state index is 0.133. The van der Waals surface area contributed by atoms with E-state index in [2.05, 4.69) is 23.7 Å². The van der Waals surface area contributed by atoms with E-state index in [9.17, 15) is 4.79 Å². The van der Waals surface area contributed by atoms with Gasteiger partial charge in [0.15, 0.2) is 0 Å². The van der Waals surface area contributed by atoms with Crippen molar-refractivity contribution in [1.82, 2.24) is 14.8 Å². The number of amides is 1. The maximum absolute atomic E-state index is 12.6. The second-order valence-electron chi connectivity index (χ2n) is 7.65. The molecule has 0 atom stereocenters. The molecular weight excluding hydrogens is 318 g/mol. The number of piperidine rings is 1. The van der Waals surface area contributed by atoms with Crippen molar-refractivity contribution in [2.45, 2.75) is 58.3 Å². The minimum Gasteiger partial charge on any atom is -0.337 e. The van der Waals surface area contributed by atoms with Crippen LogP contribution in [-0.4, -0.2) is 53.4 Å². The Morgan fingerprint density at radius 2 is 1.96 bits per heavy atom. The van der Waals surface area contributed by atoms with Crippen molar-refractivity contribution in [3.63, 3.8) is 0 Å². The monoisotopic (exact) mass is 349 g/mol. The predicted octanol–water partition coefficient (Wildman–Crippen LogP) is 3.99. The lowest BCUT2D eigenvalue weighted by Gasteiger charge is -2.32. The molecule has 2 fully saturated rings. The summed E-state index contributed by atoms with van der Waals surface area (Å²) in [6.45, 7) is 9.94. The van der Waals surface area contributed by atoms with Crippen LogP contribution in [0.5, 0.6) is 0 Å². The van der Waals surface area contributed by atoms with E-state index in [1.54, 1.807) is 11.3 Å². The topological polar surface area (TPSA) is 36.4 Å². The van der Waals surface area contributed by atoms with Gasteiger partial charge in [-0.15, -0.1) is 11.3 Å². The van der Waals surface area contributed by atoms with Gasteiger partial charge in [-0.2, -0.15) is 0 Å². The van der Waals surface area contributed by atoms with Crippen LogP contribution >= 0.6 is 11.3 Å². The van der Waals surface area contributed by atoms with E-state index in [1.807, 2.05) is 10.3 Å². The molecule has 0 saturated carbocycles. The zero-order valence-corrected chi connectivity index (χ0v) is 16.0. The Hall–Kier alpha value is -0.940. The van der Waals surface area contributed by atoms with Crippen LogP contribution in [0.3, 0.4) is 0 Å². The fraction of sp³-hybridized carbons (Fsp3) is 0.789. The van der Waals surface area contributed by atoms with E-state index in [1.165, 1.54) is 45.3 Å². The number of hydrogen-bond donors (Lipinski definition) is 0. The van der Waals surface area contributed by atoms with Gasteiger partial charge in [0.1, 0.15) is 5.69 Å². The van der Waals surface area contributed by atoms with E-state index in [0.29, 0.717) is 11.6 Å². The molecule has 5 heteroatoms. The standard InChI is InChI=1S/C19H31N3OS/c1-15(2)18-20-17(14-24-18)19(23)22-12-7-16(8-13-22)6-5-11-21-9-3-4-10-21/h14-16H,3-13H2,1-2H3. The van der Waals surface area contributed by atoms with Gasteiger partial charge in [-0.1, -0.05) is 13.8 Å². The highest BCUT2D eigenvalue weighted by atomic mass is 32.1. The van der Waals surface area contributed by atoms with Crippen molar-refractivity contribution in [3.8, 4) is 0 Å².